The highest BCUT2D eigenvalue weighted by molar-refractivity contribution is 6.13. The number of nitrogens with zero attached hydrogens (tertiary/aromatic N) is 2. The molecule has 1 saturated heterocycles. The van der Waals surface area contributed by atoms with Crippen LogP contribution in [0.2, 0.25) is 0 Å². The molecule has 3 aliphatic heterocycles. The molecule has 45 heavy (non-hydrogen) atoms. The molecule has 3 aromatic rings. The van der Waals surface area contributed by atoms with Crippen molar-refractivity contribution < 1.29 is 29.0 Å². The van der Waals surface area contributed by atoms with Crippen molar-refractivity contribution >= 4 is 29.4 Å². The van der Waals surface area contributed by atoms with Crippen molar-refractivity contribution in [1.29, 1.82) is 0 Å². The Morgan fingerprint density at radius 2 is 1.53 bits per heavy atom. The molecule has 6 rings (SSSR count). The van der Waals surface area contributed by atoms with E-state index in [0.717, 1.165) is 22.3 Å². The Morgan fingerprint density at radius 1 is 0.889 bits per heavy atom. The van der Waals surface area contributed by atoms with E-state index in [-0.39, 0.29) is 37.8 Å². The SMILES string of the molecule is CC(C)(C)OC(=O)[C@]1(C(=O)N2C[C@H](c3ccccc3)C[C@@H]2C(=O)N2Cc3ccccc3C[C@@H]2CC(=O)O)Cc2ccccc2N1. The number of hydrogen-bond donors (Lipinski definition) is 2. The quantitative estimate of drug-likeness (QED) is 0.311. The monoisotopic (exact) mass is 609 g/mol. The lowest BCUT2D eigenvalue weighted by atomic mass is 9.90. The fourth-order valence-electron chi connectivity index (χ4n) is 6.99. The van der Waals surface area contributed by atoms with Gasteiger partial charge in [-0.05, 0) is 61.9 Å². The Kier molecular flexibility index (Phi) is 7.89. The number of likely N-dealkylation sites (tertiary alicyclic amines) is 1. The number of carbonyl (C=O) groups is 4. The number of nitrogens with one attached hydrogen (secondary N) is 1. The van der Waals surface area contributed by atoms with E-state index in [2.05, 4.69) is 5.32 Å². The van der Waals surface area contributed by atoms with Crippen LogP contribution in [0.15, 0.2) is 78.9 Å². The maximum absolute atomic E-state index is 14.9. The Bertz CT molecular complexity index is 1610. The third-order valence-corrected chi connectivity index (χ3v) is 9.10. The number of carboxylic acids is 1. The van der Waals surface area contributed by atoms with Gasteiger partial charge in [0.05, 0.1) is 6.42 Å². The van der Waals surface area contributed by atoms with E-state index < -0.39 is 41.1 Å². The highest BCUT2D eigenvalue weighted by Gasteiger charge is 2.57. The molecule has 1 fully saturated rings. The summed E-state index contributed by atoms with van der Waals surface area (Å²) in [6.45, 7) is 5.76. The van der Waals surface area contributed by atoms with Gasteiger partial charge in [0.25, 0.3) is 5.91 Å². The number of anilines is 1. The van der Waals surface area contributed by atoms with E-state index in [1.54, 1.807) is 30.6 Å². The van der Waals surface area contributed by atoms with Gasteiger partial charge in [0.15, 0.2) is 0 Å². The van der Waals surface area contributed by atoms with Gasteiger partial charge in [-0.1, -0.05) is 72.8 Å². The number of carboxylic acid groups (broad SMARTS) is 1. The maximum Gasteiger partial charge on any atom is 0.342 e. The first-order valence-electron chi connectivity index (χ1n) is 15.5. The van der Waals surface area contributed by atoms with Gasteiger partial charge >= 0.3 is 11.9 Å². The summed E-state index contributed by atoms with van der Waals surface area (Å²) in [7, 11) is 0. The van der Waals surface area contributed by atoms with Gasteiger partial charge in [-0.2, -0.15) is 0 Å². The number of carbonyl (C=O) groups excluding carboxylic acids is 3. The maximum atomic E-state index is 14.9. The lowest BCUT2D eigenvalue weighted by Gasteiger charge is -2.40. The number of fused-ring (bicyclic) bond motifs is 2. The zero-order chi connectivity index (χ0) is 31.9. The number of ether oxygens (including phenoxy) is 1. The minimum absolute atomic E-state index is 0.0864. The predicted molar refractivity (Wildman–Crippen MR) is 168 cm³/mol. The van der Waals surface area contributed by atoms with Crippen molar-refractivity contribution in [2.75, 3.05) is 11.9 Å². The number of amides is 2. The summed E-state index contributed by atoms with van der Waals surface area (Å²) in [5.74, 6) is -2.66. The van der Waals surface area contributed by atoms with E-state index in [4.69, 9.17) is 4.74 Å². The Hall–Kier alpha value is -4.66. The third-order valence-electron chi connectivity index (χ3n) is 9.10. The molecule has 9 heteroatoms. The number of aliphatic carboxylic acids is 1. The molecule has 3 aliphatic rings. The van der Waals surface area contributed by atoms with Crippen molar-refractivity contribution in [3.63, 3.8) is 0 Å². The molecule has 0 radical (unpaired) electrons. The number of para-hydroxylation sites is 1. The molecule has 9 nitrogen and oxygen atoms in total. The fourth-order valence-corrected chi connectivity index (χ4v) is 6.99. The first kappa shape index (κ1) is 30.4. The van der Waals surface area contributed by atoms with Crippen molar-refractivity contribution in [2.24, 2.45) is 0 Å². The lowest BCUT2D eigenvalue weighted by molar-refractivity contribution is -0.167. The molecular formula is C36H39N3O6. The third kappa shape index (κ3) is 5.91. The zero-order valence-electron chi connectivity index (χ0n) is 25.9. The average Bonchev–Trinajstić information content (AvgIpc) is 3.63. The molecule has 3 aromatic carbocycles. The largest absolute Gasteiger partial charge is 0.481 e. The van der Waals surface area contributed by atoms with Crippen molar-refractivity contribution in [3.8, 4) is 0 Å². The Morgan fingerprint density at radius 3 is 2.20 bits per heavy atom. The van der Waals surface area contributed by atoms with Gasteiger partial charge in [-0.15, -0.1) is 0 Å². The second-order valence-corrected chi connectivity index (χ2v) is 13.4. The molecule has 3 heterocycles. The molecule has 2 amide bonds. The number of esters is 1. The molecule has 2 N–H and O–H groups in total. The van der Waals surface area contributed by atoms with E-state index in [0.29, 0.717) is 18.5 Å². The number of benzene rings is 3. The molecule has 234 valence electrons. The van der Waals surface area contributed by atoms with Crippen LogP contribution in [-0.2, 0) is 43.3 Å². The first-order chi connectivity index (χ1) is 21.4. The topological polar surface area (TPSA) is 116 Å². The van der Waals surface area contributed by atoms with Crippen molar-refractivity contribution in [2.45, 2.75) is 82.1 Å². The second kappa shape index (κ2) is 11.7. The van der Waals surface area contributed by atoms with Crippen LogP contribution >= 0.6 is 0 Å². The van der Waals surface area contributed by atoms with Gasteiger partial charge in [0.2, 0.25) is 11.4 Å². The summed E-state index contributed by atoms with van der Waals surface area (Å²) < 4.78 is 5.85. The normalized spacial score (nSPS) is 23.9. The molecule has 0 bridgehead atoms. The summed E-state index contributed by atoms with van der Waals surface area (Å²) in [6, 6.07) is 23.4. The Balaban J connectivity index is 1.39. The summed E-state index contributed by atoms with van der Waals surface area (Å²) in [4.78, 5) is 58.6. The summed E-state index contributed by atoms with van der Waals surface area (Å²) in [5, 5.41) is 13.0. The number of rotatable bonds is 6. The fraction of sp³-hybridized carbons (Fsp3) is 0.389. The van der Waals surface area contributed by atoms with Gasteiger partial charge < -0.3 is 25.0 Å². The standard InChI is InChI=1S/C36H39N3O6/c1-35(2,3)45-34(44)36(20-25-14-9-10-16-29(25)37-36)33(43)39-22-27(23-11-5-4-6-12-23)18-30(39)32(42)38-21-26-15-8-7-13-24(26)17-28(38)19-31(40)41/h4-16,27-28,30,37H,17-22H2,1-3H3,(H,40,41)/t27-,28-,30-,36-/m1/s1. The zero-order valence-corrected chi connectivity index (χ0v) is 25.9. The second-order valence-electron chi connectivity index (χ2n) is 13.4. The van der Waals surface area contributed by atoms with Crippen LogP contribution in [0.4, 0.5) is 5.69 Å². The van der Waals surface area contributed by atoms with E-state index in [1.807, 2.05) is 78.9 Å². The molecule has 0 aromatic heterocycles. The van der Waals surface area contributed by atoms with E-state index >= 15 is 0 Å². The van der Waals surface area contributed by atoms with Gasteiger partial charge in [-0.25, -0.2) is 4.79 Å². The van der Waals surface area contributed by atoms with Gasteiger partial charge in [0, 0.05) is 37.2 Å². The minimum atomic E-state index is -1.75. The van der Waals surface area contributed by atoms with Gasteiger partial charge in [0.1, 0.15) is 11.6 Å². The predicted octanol–water partition coefficient (Wildman–Crippen LogP) is 4.55. The molecule has 0 unspecified atom stereocenters. The molecule has 0 saturated carbocycles. The van der Waals surface area contributed by atoms with Crippen LogP contribution in [0, 0.1) is 0 Å². The van der Waals surface area contributed by atoms with Crippen LogP contribution in [-0.4, -0.2) is 68.4 Å². The first-order valence-corrected chi connectivity index (χ1v) is 15.5. The van der Waals surface area contributed by atoms with Crippen LogP contribution in [0.3, 0.4) is 0 Å². The number of hydrogen-bond acceptors (Lipinski definition) is 6. The highest BCUT2D eigenvalue weighted by Crippen LogP contribution is 2.40. The lowest BCUT2D eigenvalue weighted by Crippen LogP contribution is -2.63. The Labute approximate surface area is 263 Å². The van der Waals surface area contributed by atoms with Crippen molar-refractivity contribution in [1.82, 2.24) is 9.80 Å². The highest BCUT2D eigenvalue weighted by atomic mass is 16.6. The van der Waals surface area contributed by atoms with Crippen LogP contribution in [0.1, 0.15) is 61.8 Å². The molecule has 4 atom stereocenters. The molecular weight excluding hydrogens is 570 g/mol. The smallest absolute Gasteiger partial charge is 0.342 e. The minimum Gasteiger partial charge on any atom is -0.481 e. The summed E-state index contributed by atoms with van der Waals surface area (Å²) in [6.07, 6.45) is 0.643. The summed E-state index contributed by atoms with van der Waals surface area (Å²) >= 11 is 0. The van der Waals surface area contributed by atoms with E-state index in [1.165, 1.54) is 0 Å². The van der Waals surface area contributed by atoms with Crippen LogP contribution in [0.5, 0.6) is 0 Å². The molecule has 0 spiro atoms. The molecule has 0 aliphatic carbocycles. The van der Waals surface area contributed by atoms with Gasteiger partial charge in [-0.3, -0.25) is 14.4 Å². The average molecular weight is 610 g/mol. The summed E-state index contributed by atoms with van der Waals surface area (Å²) in [5.41, 5.74) is 1.85. The van der Waals surface area contributed by atoms with E-state index in [9.17, 15) is 24.3 Å². The van der Waals surface area contributed by atoms with Crippen LogP contribution < -0.4 is 5.32 Å². The van der Waals surface area contributed by atoms with Crippen LogP contribution in [0.25, 0.3) is 0 Å². The van der Waals surface area contributed by atoms with Crippen molar-refractivity contribution in [3.05, 3.63) is 101 Å².